The molecular weight excluding hydrogens is 310 g/mol. The predicted octanol–water partition coefficient (Wildman–Crippen LogP) is 1.45. The molecule has 2 aliphatic heterocycles. The van der Waals surface area contributed by atoms with Crippen molar-refractivity contribution >= 4 is 6.03 Å². The largest absolute Gasteiger partial charge is 0.348 e. The summed E-state index contributed by atoms with van der Waals surface area (Å²) in [6, 6.07) is -0.0300. The third-order valence-corrected chi connectivity index (χ3v) is 4.78. The van der Waals surface area contributed by atoms with Gasteiger partial charge in [0.15, 0.2) is 11.6 Å². The van der Waals surface area contributed by atoms with E-state index in [9.17, 15) is 4.79 Å². The monoisotopic (exact) mass is 337 g/mol. The van der Waals surface area contributed by atoms with Crippen molar-refractivity contribution in [3.63, 3.8) is 0 Å². The Morgan fingerprint density at radius 2 is 2.25 bits per heavy atom. The van der Waals surface area contributed by atoms with Gasteiger partial charge >= 0.3 is 6.03 Å². The number of nitrogens with one attached hydrogen (secondary N) is 1. The molecular formula is C16H27N5O3. The molecule has 3 heterocycles. The van der Waals surface area contributed by atoms with Crippen molar-refractivity contribution in [1.29, 1.82) is 0 Å². The molecule has 0 bridgehead atoms. The zero-order chi connectivity index (χ0) is 17.2. The van der Waals surface area contributed by atoms with E-state index in [1.807, 2.05) is 23.4 Å². The first-order chi connectivity index (χ1) is 11.5. The highest BCUT2D eigenvalue weighted by Crippen LogP contribution is 2.30. The summed E-state index contributed by atoms with van der Waals surface area (Å²) in [7, 11) is 1.91. The summed E-state index contributed by atoms with van der Waals surface area (Å²) in [5, 5.41) is 11.1. The van der Waals surface area contributed by atoms with Crippen LogP contribution in [-0.4, -0.2) is 57.8 Å². The van der Waals surface area contributed by atoms with Gasteiger partial charge in [-0.3, -0.25) is 0 Å². The van der Waals surface area contributed by atoms with Crippen LogP contribution in [-0.2, 0) is 16.5 Å². The lowest BCUT2D eigenvalue weighted by atomic mass is 10.0. The summed E-state index contributed by atoms with van der Waals surface area (Å²) in [6.45, 7) is 6.69. The number of urea groups is 1. The molecule has 1 aromatic rings. The zero-order valence-corrected chi connectivity index (χ0v) is 14.7. The third kappa shape index (κ3) is 3.70. The Bertz CT molecular complexity index is 570. The minimum Gasteiger partial charge on any atom is -0.348 e. The molecule has 2 aliphatic rings. The molecule has 1 N–H and O–H groups in total. The van der Waals surface area contributed by atoms with Crippen molar-refractivity contribution < 1.29 is 14.3 Å². The van der Waals surface area contributed by atoms with Crippen LogP contribution in [0.1, 0.15) is 45.0 Å². The Labute approximate surface area is 142 Å². The Morgan fingerprint density at radius 1 is 1.50 bits per heavy atom. The van der Waals surface area contributed by atoms with E-state index >= 15 is 0 Å². The molecule has 2 atom stereocenters. The first-order valence-electron chi connectivity index (χ1n) is 8.65. The van der Waals surface area contributed by atoms with Crippen LogP contribution in [0.15, 0.2) is 6.33 Å². The molecule has 2 fully saturated rings. The Morgan fingerprint density at radius 3 is 2.92 bits per heavy atom. The van der Waals surface area contributed by atoms with Crippen molar-refractivity contribution in [2.24, 2.45) is 13.0 Å². The van der Waals surface area contributed by atoms with Crippen molar-refractivity contribution in [3.05, 3.63) is 12.2 Å². The molecule has 2 saturated heterocycles. The van der Waals surface area contributed by atoms with Crippen LogP contribution in [0.5, 0.6) is 0 Å². The number of aryl methyl sites for hydroxylation is 1. The lowest BCUT2D eigenvalue weighted by Crippen LogP contribution is -2.42. The highest BCUT2D eigenvalue weighted by atomic mass is 16.7. The summed E-state index contributed by atoms with van der Waals surface area (Å²) in [4.78, 5) is 14.4. The van der Waals surface area contributed by atoms with E-state index in [0.717, 1.165) is 31.6 Å². The second-order valence-corrected chi connectivity index (χ2v) is 6.98. The lowest BCUT2D eigenvalue weighted by Gasteiger charge is -2.28. The molecule has 1 aromatic heterocycles. The van der Waals surface area contributed by atoms with Gasteiger partial charge in [-0.2, -0.15) is 0 Å². The topological polar surface area (TPSA) is 81.5 Å². The molecule has 3 rings (SSSR count). The van der Waals surface area contributed by atoms with Gasteiger partial charge in [-0.05, 0) is 25.7 Å². The molecule has 0 aliphatic carbocycles. The number of carbonyl (C=O) groups excluding carboxylic acids is 1. The molecule has 0 spiro atoms. The van der Waals surface area contributed by atoms with Gasteiger partial charge in [0.05, 0.1) is 19.3 Å². The van der Waals surface area contributed by atoms with Crippen LogP contribution in [0.25, 0.3) is 0 Å². The molecule has 2 amide bonds. The van der Waals surface area contributed by atoms with Gasteiger partial charge in [0.2, 0.25) is 0 Å². The van der Waals surface area contributed by atoms with Gasteiger partial charge < -0.3 is 24.3 Å². The van der Waals surface area contributed by atoms with E-state index in [1.165, 1.54) is 0 Å². The van der Waals surface area contributed by atoms with E-state index < -0.39 is 5.79 Å². The number of hydrogen-bond donors (Lipinski definition) is 1. The Kier molecular flexibility index (Phi) is 5.05. The third-order valence-electron chi connectivity index (χ3n) is 4.78. The molecule has 0 aromatic carbocycles. The SMILES string of the molecule is CC(CNC(=O)N1CCCC1c1nncn1C)CC1(C)OCCO1. The fraction of sp³-hybridized carbons (Fsp3) is 0.812. The van der Waals surface area contributed by atoms with Crippen LogP contribution < -0.4 is 5.32 Å². The maximum Gasteiger partial charge on any atom is 0.318 e. The summed E-state index contributed by atoms with van der Waals surface area (Å²) in [5.41, 5.74) is 0. The van der Waals surface area contributed by atoms with E-state index in [0.29, 0.717) is 19.8 Å². The van der Waals surface area contributed by atoms with E-state index in [1.54, 1.807) is 6.33 Å². The average Bonchev–Trinajstić information content (AvgIpc) is 3.25. The summed E-state index contributed by atoms with van der Waals surface area (Å²) in [5.74, 6) is 0.600. The molecule has 0 radical (unpaired) electrons. The lowest BCUT2D eigenvalue weighted by molar-refractivity contribution is -0.153. The standard InChI is InChI=1S/C16H27N5O3/c1-12(9-16(2)23-7-8-24-16)10-17-15(22)21-6-4-5-13(21)14-19-18-11-20(14)3/h11-13H,4-10H2,1-3H3,(H,17,22). The van der Waals surface area contributed by atoms with Crippen LogP contribution in [0, 0.1) is 5.92 Å². The number of ether oxygens (including phenoxy) is 2. The number of amides is 2. The first-order valence-corrected chi connectivity index (χ1v) is 8.65. The van der Waals surface area contributed by atoms with E-state index in [-0.39, 0.29) is 18.0 Å². The van der Waals surface area contributed by atoms with Gasteiger partial charge in [-0.1, -0.05) is 6.92 Å². The van der Waals surface area contributed by atoms with Crippen LogP contribution in [0.2, 0.25) is 0 Å². The van der Waals surface area contributed by atoms with E-state index in [4.69, 9.17) is 9.47 Å². The number of likely N-dealkylation sites (tertiary alicyclic amines) is 1. The quantitative estimate of drug-likeness (QED) is 0.879. The van der Waals surface area contributed by atoms with Crippen LogP contribution in [0.3, 0.4) is 0 Å². The zero-order valence-electron chi connectivity index (χ0n) is 14.7. The first kappa shape index (κ1) is 17.2. The van der Waals surface area contributed by atoms with Gasteiger partial charge in [-0.25, -0.2) is 4.79 Å². The Hall–Kier alpha value is -1.67. The van der Waals surface area contributed by atoms with Gasteiger partial charge in [-0.15, -0.1) is 10.2 Å². The summed E-state index contributed by atoms with van der Waals surface area (Å²) >= 11 is 0. The fourth-order valence-corrected chi connectivity index (χ4v) is 3.61. The molecule has 134 valence electrons. The number of nitrogens with zero attached hydrogens (tertiary/aromatic N) is 4. The number of aromatic nitrogens is 3. The van der Waals surface area contributed by atoms with Gasteiger partial charge in [0, 0.05) is 26.6 Å². The average molecular weight is 337 g/mol. The minimum atomic E-state index is -0.515. The normalized spacial score (nSPS) is 24.3. The minimum absolute atomic E-state index is 0.00632. The van der Waals surface area contributed by atoms with E-state index in [2.05, 4.69) is 22.4 Å². The van der Waals surface area contributed by atoms with Crippen LogP contribution in [0.4, 0.5) is 4.79 Å². The van der Waals surface area contributed by atoms with Crippen molar-refractivity contribution in [2.45, 2.75) is 44.9 Å². The molecule has 2 unspecified atom stereocenters. The number of rotatable bonds is 5. The molecule has 8 nitrogen and oxygen atoms in total. The number of carbonyl (C=O) groups is 1. The maximum absolute atomic E-state index is 12.6. The Balaban J connectivity index is 1.52. The molecule has 8 heteroatoms. The second-order valence-electron chi connectivity index (χ2n) is 6.98. The summed E-state index contributed by atoms with van der Waals surface area (Å²) in [6.07, 6.45) is 4.35. The highest BCUT2D eigenvalue weighted by molar-refractivity contribution is 5.75. The smallest absolute Gasteiger partial charge is 0.318 e. The van der Waals surface area contributed by atoms with Gasteiger partial charge in [0.25, 0.3) is 0 Å². The molecule has 24 heavy (non-hydrogen) atoms. The maximum atomic E-state index is 12.6. The van der Waals surface area contributed by atoms with Crippen molar-refractivity contribution in [1.82, 2.24) is 25.0 Å². The van der Waals surface area contributed by atoms with Crippen molar-refractivity contribution in [2.75, 3.05) is 26.3 Å². The van der Waals surface area contributed by atoms with Crippen molar-refractivity contribution in [3.8, 4) is 0 Å². The predicted molar refractivity (Wildman–Crippen MR) is 87.2 cm³/mol. The number of hydrogen-bond acceptors (Lipinski definition) is 5. The highest BCUT2D eigenvalue weighted by Gasteiger charge is 2.35. The summed E-state index contributed by atoms with van der Waals surface area (Å²) < 4.78 is 13.2. The molecule has 0 saturated carbocycles. The van der Waals surface area contributed by atoms with Gasteiger partial charge in [0.1, 0.15) is 6.33 Å². The van der Waals surface area contributed by atoms with Crippen LogP contribution >= 0.6 is 0 Å². The second kappa shape index (κ2) is 7.06. The fourth-order valence-electron chi connectivity index (χ4n) is 3.61.